The molecule has 0 fully saturated rings. The number of hydrogen-bond acceptors (Lipinski definition) is 1. The zero-order valence-corrected chi connectivity index (χ0v) is 11.0. The summed E-state index contributed by atoms with van der Waals surface area (Å²) >= 11 is 5.44. The summed E-state index contributed by atoms with van der Waals surface area (Å²) in [5.74, 6) is -2.07. The standard InChI is InChI=1S/C15H11ClF2O/c1-9-2-4-10(5-3-9)6-15(19)11-7-14(18)12(16)8-13(11)17/h2-5,7-8H,6H2,1H3. The molecule has 0 saturated carbocycles. The van der Waals surface area contributed by atoms with Crippen LogP contribution >= 0.6 is 11.6 Å². The zero-order valence-electron chi connectivity index (χ0n) is 10.2. The smallest absolute Gasteiger partial charge is 0.170 e. The first kappa shape index (κ1) is 13.7. The van der Waals surface area contributed by atoms with Crippen LogP contribution in [0.25, 0.3) is 0 Å². The first-order valence-electron chi connectivity index (χ1n) is 5.70. The molecule has 0 saturated heterocycles. The van der Waals surface area contributed by atoms with Crippen molar-refractivity contribution in [2.45, 2.75) is 13.3 Å². The molecule has 2 aromatic carbocycles. The van der Waals surface area contributed by atoms with E-state index in [2.05, 4.69) is 0 Å². The Bertz CT molecular complexity index is 621. The zero-order chi connectivity index (χ0) is 14.0. The minimum atomic E-state index is -0.802. The SMILES string of the molecule is Cc1ccc(CC(=O)c2cc(F)c(Cl)cc2F)cc1. The molecule has 0 N–H and O–H groups in total. The highest BCUT2D eigenvalue weighted by Crippen LogP contribution is 2.20. The van der Waals surface area contributed by atoms with E-state index < -0.39 is 17.4 Å². The topological polar surface area (TPSA) is 17.1 Å². The Labute approximate surface area is 114 Å². The van der Waals surface area contributed by atoms with Crippen molar-refractivity contribution in [2.75, 3.05) is 0 Å². The van der Waals surface area contributed by atoms with Gasteiger partial charge >= 0.3 is 0 Å². The van der Waals surface area contributed by atoms with Crippen LogP contribution in [0.5, 0.6) is 0 Å². The average Bonchev–Trinajstić information content (AvgIpc) is 2.36. The van der Waals surface area contributed by atoms with Gasteiger partial charge in [-0.3, -0.25) is 4.79 Å². The number of halogens is 3. The summed E-state index contributed by atoms with van der Waals surface area (Å²) in [6.45, 7) is 1.93. The fourth-order valence-electron chi connectivity index (χ4n) is 1.72. The molecule has 0 bridgehead atoms. The number of ketones is 1. The third-order valence-corrected chi connectivity index (χ3v) is 3.09. The van der Waals surface area contributed by atoms with Crippen LogP contribution in [-0.2, 0) is 6.42 Å². The molecule has 0 radical (unpaired) electrons. The Kier molecular flexibility index (Phi) is 3.96. The highest BCUT2D eigenvalue weighted by atomic mass is 35.5. The molecular weight excluding hydrogens is 270 g/mol. The quantitative estimate of drug-likeness (QED) is 0.603. The van der Waals surface area contributed by atoms with Gasteiger partial charge in [0, 0.05) is 6.42 Å². The number of aryl methyl sites for hydroxylation is 1. The van der Waals surface area contributed by atoms with Gasteiger partial charge in [0.2, 0.25) is 0 Å². The Morgan fingerprint density at radius 2 is 1.74 bits per heavy atom. The predicted octanol–water partition coefficient (Wildman–Crippen LogP) is 4.35. The summed E-state index contributed by atoms with van der Waals surface area (Å²) in [6.07, 6.45) is 0.0261. The van der Waals surface area contributed by atoms with Crippen molar-refractivity contribution >= 4 is 17.4 Å². The fourth-order valence-corrected chi connectivity index (χ4v) is 1.87. The van der Waals surface area contributed by atoms with Crippen LogP contribution < -0.4 is 0 Å². The van der Waals surface area contributed by atoms with Crippen LogP contribution in [0, 0.1) is 18.6 Å². The Balaban J connectivity index is 2.25. The highest BCUT2D eigenvalue weighted by molar-refractivity contribution is 6.30. The minimum Gasteiger partial charge on any atom is -0.294 e. The van der Waals surface area contributed by atoms with Crippen molar-refractivity contribution in [2.24, 2.45) is 0 Å². The number of Topliss-reactive ketones (excluding diaryl/α,β-unsaturated/α-hetero) is 1. The third-order valence-electron chi connectivity index (χ3n) is 2.80. The minimum absolute atomic E-state index is 0.0261. The maximum absolute atomic E-state index is 13.6. The Hall–Kier alpha value is -1.74. The molecule has 98 valence electrons. The maximum atomic E-state index is 13.6. The Morgan fingerprint density at radius 3 is 2.37 bits per heavy atom. The fraction of sp³-hybridized carbons (Fsp3) is 0.133. The van der Waals surface area contributed by atoms with E-state index in [4.69, 9.17) is 11.6 Å². The molecule has 0 atom stereocenters. The van der Waals surface area contributed by atoms with Crippen molar-refractivity contribution < 1.29 is 13.6 Å². The number of carbonyl (C=O) groups is 1. The van der Waals surface area contributed by atoms with Gasteiger partial charge in [-0.1, -0.05) is 41.4 Å². The molecule has 0 amide bonds. The first-order chi connectivity index (χ1) is 8.97. The summed E-state index contributed by atoms with van der Waals surface area (Å²) < 4.78 is 26.8. The van der Waals surface area contributed by atoms with Gasteiger partial charge < -0.3 is 0 Å². The lowest BCUT2D eigenvalue weighted by Gasteiger charge is -2.05. The first-order valence-corrected chi connectivity index (χ1v) is 6.08. The second-order valence-corrected chi connectivity index (χ2v) is 4.74. The second kappa shape index (κ2) is 5.49. The summed E-state index contributed by atoms with van der Waals surface area (Å²) in [5.41, 5.74) is 1.55. The molecule has 0 spiro atoms. The lowest BCUT2D eigenvalue weighted by Crippen LogP contribution is -2.07. The van der Waals surface area contributed by atoms with Gasteiger partial charge in [-0.15, -0.1) is 0 Å². The molecule has 1 nitrogen and oxygen atoms in total. The largest absolute Gasteiger partial charge is 0.294 e. The predicted molar refractivity (Wildman–Crippen MR) is 70.6 cm³/mol. The van der Waals surface area contributed by atoms with Crippen molar-refractivity contribution in [3.8, 4) is 0 Å². The van der Waals surface area contributed by atoms with Crippen LogP contribution in [0.3, 0.4) is 0 Å². The molecule has 4 heteroatoms. The molecule has 0 aliphatic heterocycles. The lowest BCUT2D eigenvalue weighted by molar-refractivity contribution is 0.0988. The van der Waals surface area contributed by atoms with Crippen molar-refractivity contribution in [3.63, 3.8) is 0 Å². The van der Waals surface area contributed by atoms with E-state index in [1.54, 1.807) is 12.1 Å². The molecule has 2 rings (SSSR count). The van der Waals surface area contributed by atoms with E-state index >= 15 is 0 Å². The van der Waals surface area contributed by atoms with Gasteiger partial charge in [0.15, 0.2) is 5.78 Å². The average molecular weight is 281 g/mol. The molecule has 0 unspecified atom stereocenters. The van der Waals surface area contributed by atoms with Crippen LogP contribution in [0.4, 0.5) is 8.78 Å². The normalized spacial score (nSPS) is 10.5. The molecule has 2 aromatic rings. The Morgan fingerprint density at radius 1 is 1.11 bits per heavy atom. The number of carbonyl (C=O) groups excluding carboxylic acids is 1. The van der Waals surface area contributed by atoms with Gasteiger partial charge in [-0.2, -0.15) is 0 Å². The van der Waals surface area contributed by atoms with E-state index in [0.717, 1.165) is 23.3 Å². The van der Waals surface area contributed by atoms with Gasteiger partial charge in [0.1, 0.15) is 11.6 Å². The number of benzene rings is 2. The second-order valence-electron chi connectivity index (χ2n) is 4.33. The summed E-state index contributed by atoms with van der Waals surface area (Å²) in [6, 6.07) is 8.96. The van der Waals surface area contributed by atoms with Gasteiger partial charge in [0.25, 0.3) is 0 Å². The summed E-state index contributed by atoms with van der Waals surface area (Å²) in [4.78, 5) is 11.9. The van der Waals surface area contributed by atoms with E-state index in [0.29, 0.717) is 0 Å². The molecule has 0 aliphatic carbocycles. The maximum Gasteiger partial charge on any atom is 0.170 e. The van der Waals surface area contributed by atoms with Crippen LogP contribution in [0.15, 0.2) is 36.4 Å². The van der Waals surface area contributed by atoms with Crippen molar-refractivity contribution in [3.05, 3.63) is 69.7 Å². The highest BCUT2D eigenvalue weighted by Gasteiger charge is 2.15. The molecule has 19 heavy (non-hydrogen) atoms. The summed E-state index contributed by atoms with van der Waals surface area (Å²) in [5, 5.41) is -0.329. The van der Waals surface area contributed by atoms with Gasteiger partial charge in [0.05, 0.1) is 10.6 Å². The van der Waals surface area contributed by atoms with Crippen molar-refractivity contribution in [1.82, 2.24) is 0 Å². The van der Waals surface area contributed by atoms with Crippen LogP contribution in [0.1, 0.15) is 21.5 Å². The molecule has 0 heterocycles. The summed E-state index contributed by atoms with van der Waals surface area (Å²) in [7, 11) is 0. The molecular formula is C15H11ClF2O. The van der Waals surface area contributed by atoms with E-state index in [1.807, 2.05) is 19.1 Å². The van der Waals surface area contributed by atoms with Gasteiger partial charge in [-0.05, 0) is 24.6 Å². The number of hydrogen-bond donors (Lipinski definition) is 0. The third kappa shape index (κ3) is 3.18. The van der Waals surface area contributed by atoms with Crippen LogP contribution in [0.2, 0.25) is 5.02 Å². The number of rotatable bonds is 3. The van der Waals surface area contributed by atoms with Crippen LogP contribution in [-0.4, -0.2) is 5.78 Å². The van der Waals surface area contributed by atoms with Crippen molar-refractivity contribution in [1.29, 1.82) is 0 Å². The van der Waals surface area contributed by atoms with E-state index in [9.17, 15) is 13.6 Å². The lowest BCUT2D eigenvalue weighted by atomic mass is 10.0. The van der Waals surface area contributed by atoms with E-state index in [-0.39, 0.29) is 17.0 Å². The molecule has 0 aromatic heterocycles. The molecule has 0 aliphatic rings. The van der Waals surface area contributed by atoms with E-state index in [1.165, 1.54) is 0 Å². The van der Waals surface area contributed by atoms with Gasteiger partial charge in [-0.25, -0.2) is 8.78 Å². The monoisotopic (exact) mass is 280 g/mol.